The molecule has 0 unspecified atom stereocenters. The summed E-state index contributed by atoms with van der Waals surface area (Å²) in [6, 6.07) is 8.81. The molecule has 2 aromatic carbocycles. The van der Waals surface area contributed by atoms with Crippen LogP contribution in [0.4, 0.5) is 11.4 Å². The van der Waals surface area contributed by atoms with E-state index in [9.17, 15) is 23.3 Å². The molecule has 12 heteroatoms. The van der Waals surface area contributed by atoms with Crippen LogP contribution in [-0.4, -0.2) is 64.2 Å². The lowest BCUT2D eigenvalue weighted by Crippen LogP contribution is -2.49. The van der Waals surface area contributed by atoms with E-state index in [1.807, 2.05) is 0 Å². The Labute approximate surface area is 178 Å². The van der Waals surface area contributed by atoms with Crippen molar-refractivity contribution in [3.63, 3.8) is 0 Å². The van der Waals surface area contributed by atoms with Crippen LogP contribution in [0.1, 0.15) is 10.4 Å². The zero-order valence-electron chi connectivity index (χ0n) is 16.6. The Morgan fingerprint density at radius 2 is 1.77 bits per heavy atom. The van der Waals surface area contributed by atoms with Crippen LogP contribution in [0.5, 0.6) is 11.5 Å². The van der Waals surface area contributed by atoms with Gasteiger partial charge in [0.2, 0.25) is 16.8 Å². The number of sulfonamides is 1. The van der Waals surface area contributed by atoms with Gasteiger partial charge in [-0.25, -0.2) is 13.1 Å². The minimum Gasteiger partial charge on any atom is -0.454 e. The van der Waals surface area contributed by atoms with E-state index in [-0.39, 0.29) is 23.3 Å². The van der Waals surface area contributed by atoms with E-state index in [0.29, 0.717) is 48.9 Å². The number of fused-ring (bicyclic) bond motifs is 1. The molecular weight excluding hydrogens is 428 g/mol. The number of nitrogens with zero attached hydrogens (tertiary/aromatic N) is 3. The van der Waals surface area contributed by atoms with Gasteiger partial charge in [-0.15, -0.1) is 0 Å². The molecule has 1 amide bonds. The van der Waals surface area contributed by atoms with Gasteiger partial charge in [-0.2, -0.15) is 0 Å². The van der Waals surface area contributed by atoms with Gasteiger partial charge in [-0.3, -0.25) is 14.9 Å². The third-order valence-electron chi connectivity index (χ3n) is 5.25. The van der Waals surface area contributed by atoms with Gasteiger partial charge in [0.25, 0.3) is 11.6 Å². The quantitative estimate of drug-likeness (QED) is 0.533. The molecule has 1 N–H and O–H groups in total. The van der Waals surface area contributed by atoms with Crippen molar-refractivity contribution in [2.24, 2.45) is 0 Å². The second-order valence-corrected chi connectivity index (χ2v) is 8.85. The number of nitrogens with one attached hydrogen (secondary N) is 1. The average Bonchev–Trinajstić information content (AvgIpc) is 3.26. The number of piperazine rings is 1. The summed E-state index contributed by atoms with van der Waals surface area (Å²) >= 11 is 0. The van der Waals surface area contributed by atoms with Crippen molar-refractivity contribution in [1.29, 1.82) is 0 Å². The molecule has 2 aliphatic heterocycles. The molecule has 0 saturated carbocycles. The first-order valence-corrected chi connectivity index (χ1v) is 10.9. The third kappa shape index (κ3) is 3.99. The van der Waals surface area contributed by atoms with E-state index < -0.39 is 14.9 Å². The number of ether oxygens (including phenoxy) is 2. The summed E-state index contributed by atoms with van der Waals surface area (Å²) in [6.45, 7) is 1.59. The molecule has 2 aromatic rings. The number of nitro benzene ring substituents is 1. The fourth-order valence-electron chi connectivity index (χ4n) is 3.56. The van der Waals surface area contributed by atoms with Crippen molar-refractivity contribution in [2.45, 2.75) is 4.90 Å². The number of hydrogen-bond donors (Lipinski definition) is 1. The highest BCUT2D eigenvalue weighted by Crippen LogP contribution is 2.34. The molecule has 2 heterocycles. The summed E-state index contributed by atoms with van der Waals surface area (Å²) in [6.07, 6.45) is 0. The maximum Gasteiger partial charge on any atom is 0.293 e. The van der Waals surface area contributed by atoms with Crippen LogP contribution in [0.3, 0.4) is 0 Å². The lowest BCUT2D eigenvalue weighted by molar-refractivity contribution is -0.384. The number of carbonyl (C=O) groups excluding carboxylic acids is 1. The molecule has 0 aliphatic carbocycles. The molecule has 164 valence electrons. The van der Waals surface area contributed by atoms with Crippen molar-refractivity contribution < 1.29 is 27.6 Å². The average molecular weight is 448 g/mol. The molecule has 0 bridgehead atoms. The van der Waals surface area contributed by atoms with Crippen LogP contribution in [0.25, 0.3) is 0 Å². The Morgan fingerprint density at radius 1 is 1.06 bits per heavy atom. The lowest BCUT2D eigenvalue weighted by Gasteiger charge is -2.36. The molecule has 0 radical (unpaired) electrons. The Hall–Kier alpha value is -3.38. The zero-order chi connectivity index (χ0) is 22.2. The van der Waals surface area contributed by atoms with E-state index >= 15 is 0 Å². The molecule has 1 saturated heterocycles. The summed E-state index contributed by atoms with van der Waals surface area (Å²) in [5.41, 5.74) is 0.493. The lowest BCUT2D eigenvalue weighted by atomic mass is 10.1. The SMILES string of the molecule is CNS(=O)(=O)c1ccc(N2CCN(C(=O)c3ccc4c(c3)OCO4)CC2)c([N+](=O)[O-])c1. The first kappa shape index (κ1) is 20.9. The molecule has 31 heavy (non-hydrogen) atoms. The van der Waals surface area contributed by atoms with Gasteiger partial charge in [0.15, 0.2) is 11.5 Å². The highest BCUT2D eigenvalue weighted by molar-refractivity contribution is 7.89. The molecule has 0 spiro atoms. The van der Waals surface area contributed by atoms with Gasteiger partial charge in [0.1, 0.15) is 5.69 Å². The molecule has 11 nitrogen and oxygen atoms in total. The minimum absolute atomic E-state index is 0.124. The second kappa shape index (κ2) is 8.04. The fourth-order valence-corrected chi connectivity index (χ4v) is 4.31. The molecule has 2 aliphatic rings. The van der Waals surface area contributed by atoms with Gasteiger partial charge in [-0.1, -0.05) is 0 Å². The first-order chi connectivity index (χ1) is 14.8. The van der Waals surface area contributed by atoms with Gasteiger partial charge >= 0.3 is 0 Å². The standard InChI is InChI=1S/C19H20N4O7S/c1-20-31(27,28)14-3-4-15(16(11-14)23(25)26)21-6-8-22(9-7-21)19(24)13-2-5-17-18(10-13)30-12-29-17/h2-5,10-11,20H,6-9,12H2,1H3. The predicted molar refractivity (Wildman–Crippen MR) is 110 cm³/mol. The predicted octanol–water partition coefficient (Wildman–Crippen LogP) is 1.19. The number of nitro groups is 1. The van der Waals surface area contributed by atoms with Crippen LogP contribution < -0.4 is 19.1 Å². The van der Waals surface area contributed by atoms with E-state index in [4.69, 9.17) is 9.47 Å². The normalized spacial score (nSPS) is 15.8. The van der Waals surface area contributed by atoms with Crippen LogP contribution >= 0.6 is 0 Å². The van der Waals surface area contributed by atoms with Gasteiger partial charge < -0.3 is 19.3 Å². The Kier molecular flexibility index (Phi) is 5.41. The highest BCUT2D eigenvalue weighted by atomic mass is 32.2. The minimum atomic E-state index is -3.80. The molecule has 0 aromatic heterocycles. The van der Waals surface area contributed by atoms with Crippen molar-refractivity contribution in [2.75, 3.05) is 44.9 Å². The van der Waals surface area contributed by atoms with Crippen molar-refractivity contribution >= 4 is 27.3 Å². The molecule has 4 rings (SSSR count). The number of rotatable bonds is 5. The van der Waals surface area contributed by atoms with E-state index in [0.717, 1.165) is 6.07 Å². The van der Waals surface area contributed by atoms with E-state index in [1.165, 1.54) is 19.2 Å². The van der Waals surface area contributed by atoms with Crippen molar-refractivity contribution in [3.05, 3.63) is 52.1 Å². The summed E-state index contributed by atoms with van der Waals surface area (Å²) in [7, 11) is -2.56. The maximum absolute atomic E-state index is 12.8. The Balaban J connectivity index is 1.49. The number of benzene rings is 2. The summed E-state index contributed by atoms with van der Waals surface area (Å²) in [5, 5.41) is 11.6. The monoisotopic (exact) mass is 448 g/mol. The van der Waals surface area contributed by atoms with Crippen LogP contribution in [0, 0.1) is 10.1 Å². The summed E-state index contributed by atoms with van der Waals surface area (Å²) < 4.78 is 36.7. The Bertz CT molecular complexity index is 1140. The maximum atomic E-state index is 12.8. The van der Waals surface area contributed by atoms with Crippen LogP contribution in [0.2, 0.25) is 0 Å². The first-order valence-electron chi connectivity index (χ1n) is 9.46. The topological polar surface area (TPSA) is 131 Å². The number of carbonyl (C=O) groups is 1. The summed E-state index contributed by atoms with van der Waals surface area (Å²) in [5.74, 6) is 0.956. The fraction of sp³-hybridized carbons (Fsp3) is 0.316. The zero-order valence-corrected chi connectivity index (χ0v) is 17.4. The van der Waals surface area contributed by atoms with Gasteiger partial charge in [0.05, 0.1) is 9.82 Å². The third-order valence-corrected chi connectivity index (χ3v) is 6.66. The van der Waals surface area contributed by atoms with Crippen LogP contribution in [0.15, 0.2) is 41.3 Å². The van der Waals surface area contributed by atoms with Gasteiger partial charge in [0, 0.05) is 37.8 Å². The molecule has 1 fully saturated rings. The smallest absolute Gasteiger partial charge is 0.293 e. The van der Waals surface area contributed by atoms with Crippen molar-refractivity contribution in [1.82, 2.24) is 9.62 Å². The number of anilines is 1. The second-order valence-electron chi connectivity index (χ2n) is 6.96. The molecule has 0 atom stereocenters. The van der Waals surface area contributed by atoms with Crippen molar-refractivity contribution in [3.8, 4) is 11.5 Å². The molecular formula is C19H20N4O7S. The van der Waals surface area contributed by atoms with E-state index in [1.54, 1.807) is 28.0 Å². The van der Waals surface area contributed by atoms with E-state index in [2.05, 4.69) is 4.72 Å². The largest absolute Gasteiger partial charge is 0.454 e. The van der Waals surface area contributed by atoms with Crippen LogP contribution in [-0.2, 0) is 10.0 Å². The summed E-state index contributed by atoms with van der Waals surface area (Å²) in [4.78, 5) is 27.1. The number of amides is 1. The Morgan fingerprint density at radius 3 is 2.45 bits per heavy atom. The number of hydrogen-bond acceptors (Lipinski definition) is 8. The van der Waals surface area contributed by atoms with Gasteiger partial charge in [-0.05, 0) is 37.4 Å². The highest BCUT2D eigenvalue weighted by Gasteiger charge is 2.28.